The summed E-state index contributed by atoms with van der Waals surface area (Å²) in [7, 11) is 0. The van der Waals surface area contributed by atoms with Gasteiger partial charge in [-0.1, -0.05) is 57.7 Å². The van der Waals surface area contributed by atoms with Gasteiger partial charge in [0.2, 0.25) is 0 Å². The minimum atomic E-state index is -0.481. The number of aromatic nitrogens is 1. The van der Waals surface area contributed by atoms with E-state index in [0.29, 0.717) is 17.5 Å². The molecule has 1 saturated carbocycles. The van der Waals surface area contributed by atoms with Crippen LogP contribution in [0.3, 0.4) is 0 Å². The average Bonchev–Trinajstić information content (AvgIpc) is 3.21. The van der Waals surface area contributed by atoms with Crippen molar-refractivity contribution in [3.63, 3.8) is 0 Å². The number of nitrogens with two attached hydrogens (primary N) is 1. The number of amides is 1. The van der Waals surface area contributed by atoms with Crippen LogP contribution in [0.5, 0.6) is 11.5 Å². The quantitative estimate of drug-likeness (QED) is 0.565. The van der Waals surface area contributed by atoms with Crippen molar-refractivity contribution >= 4 is 16.7 Å². The Morgan fingerprint density at radius 3 is 2.41 bits per heavy atom. The van der Waals surface area contributed by atoms with Crippen molar-refractivity contribution in [2.45, 2.75) is 51.9 Å². The molecule has 1 aliphatic carbocycles. The second-order valence-electron chi connectivity index (χ2n) is 8.38. The van der Waals surface area contributed by atoms with Crippen molar-refractivity contribution in [1.29, 1.82) is 0 Å². The number of fused-ring (bicyclic) bond motifs is 1. The maximum atomic E-state index is 11.8. The summed E-state index contributed by atoms with van der Waals surface area (Å²) in [4.78, 5) is 16.4. The smallest absolute Gasteiger partial charge is 0.267 e. The Morgan fingerprint density at radius 1 is 1.07 bits per heavy atom. The van der Waals surface area contributed by atoms with E-state index in [1.165, 1.54) is 31.2 Å². The summed E-state index contributed by atoms with van der Waals surface area (Å²) in [5.74, 6) is 2.23. The molecule has 0 bridgehead atoms. The summed E-state index contributed by atoms with van der Waals surface area (Å²) >= 11 is 0. The number of benzene rings is 2. The summed E-state index contributed by atoms with van der Waals surface area (Å²) in [5.41, 5.74) is 8.10. The molecule has 1 fully saturated rings. The fourth-order valence-corrected chi connectivity index (χ4v) is 4.19. The molecule has 29 heavy (non-hydrogen) atoms. The van der Waals surface area contributed by atoms with Crippen LogP contribution >= 0.6 is 0 Å². The van der Waals surface area contributed by atoms with Crippen molar-refractivity contribution in [3.05, 3.63) is 65.5 Å². The third-order valence-electron chi connectivity index (χ3n) is 5.87. The van der Waals surface area contributed by atoms with E-state index in [2.05, 4.69) is 31.0 Å². The molecule has 0 spiro atoms. The number of rotatable bonds is 6. The fourth-order valence-electron chi connectivity index (χ4n) is 4.19. The average molecular weight is 389 g/mol. The largest absolute Gasteiger partial charge is 0.457 e. The van der Waals surface area contributed by atoms with Gasteiger partial charge in [-0.15, -0.1) is 0 Å². The highest BCUT2D eigenvalue weighted by Gasteiger charge is 2.19. The van der Waals surface area contributed by atoms with Gasteiger partial charge in [0.05, 0.1) is 0 Å². The third kappa shape index (κ3) is 4.42. The Bertz CT molecular complexity index is 1020. The lowest BCUT2D eigenvalue weighted by atomic mass is 9.97. The lowest BCUT2D eigenvalue weighted by Crippen LogP contribution is -2.15. The van der Waals surface area contributed by atoms with Crippen LogP contribution in [0.1, 0.15) is 67.2 Å². The molecule has 0 aliphatic heterocycles. The maximum absolute atomic E-state index is 11.8. The monoisotopic (exact) mass is 388 g/mol. The van der Waals surface area contributed by atoms with Crippen LogP contribution < -0.4 is 10.5 Å². The molecular formula is C25H28N2O2. The molecule has 1 aliphatic rings. The van der Waals surface area contributed by atoms with Crippen LogP contribution in [0.25, 0.3) is 10.8 Å². The Kier molecular flexibility index (Phi) is 5.52. The summed E-state index contributed by atoms with van der Waals surface area (Å²) in [6.45, 7) is 4.36. The number of nitrogens with zero attached hydrogens (tertiary/aromatic N) is 1. The van der Waals surface area contributed by atoms with Crippen LogP contribution in [0.4, 0.5) is 0 Å². The van der Waals surface area contributed by atoms with Crippen molar-refractivity contribution < 1.29 is 9.53 Å². The van der Waals surface area contributed by atoms with E-state index in [-0.39, 0.29) is 0 Å². The number of primary amides is 1. The van der Waals surface area contributed by atoms with Gasteiger partial charge in [0, 0.05) is 11.1 Å². The van der Waals surface area contributed by atoms with Crippen molar-refractivity contribution in [3.8, 4) is 11.5 Å². The van der Waals surface area contributed by atoms with Crippen LogP contribution in [-0.2, 0) is 6.42 Å². The topological polar surface area (TPSA) is 65.2 Å². The highest BCUT2D eigenvalue weighted by Crippen LogP contribution is 2.33. The van der Waals surface area contributed by atoms with E-state index in [4.69, 9.17) is 10.5 Å². The van der Waals surface area contributed by atoms with Crippen LogP contribution in [0.15, 0.2) is 48.5 Å². The molecule has 2 aromatic carbocycles. The predicted octanol–water partition coefficient (Wildman–Crippen LogP) is 5.98. The summed E-state index contributed by atoms with van der Waals surface area (Å²) in [6.07, 6.45) is 5.88. The van der Waals surface area contributed by atoms with E-state index >= 15 is 0 Å². The first-order chi connectivity index (χ1) is 14.0. The minimum absolute atomic E-state index is 0.337. The molecule has 150 valence electrons. The molecule has 0 saturated heterocycles. The van der Waals surface area contributed by atoms with E-state index in [1.54, 1.807) is 6.07 Å². The number of ether oxygens (including phenoxy) is 1. The zero-order valence-electron chi connectivity index (χ0n) is 17.2. The zero-order valence-corrected chi connectivity index (χ0v) is 17.2. The summed E-state index contributed by atoms with van der Waals surface area (Å²) in [5, 5.41) is 2.02. The second kappa shape index (κ2) is 8.24. The van der Waals surface area contributed by atoms with Crippen molar-refractivity contribution in [2.75, 3.05) is 0 Å². The van der Waals surface area contributed by atoms with E-state index in [0.717, 1.165) is 34.4 Å². The van der Waals surface area contributed by atoms with Crippen LogP contribution in [-0.4, -0.2) is 10.9 Å². The van der Waals surface area contributed by atoms with E-state index < -0.39 is 5.91 Å². The van der Waals surface area contributed by atoms with Gasteiger partial charge in [-0.2, -0.15) is 0 Å². The Labute approximate surface area is 172 Å². The highest BCUT2D eigenvalue weighted by atomic mass is 16.5. The highest BCUT2D eigenvalue weighted by molar-refractivity contribution is 5.96. The molecule has 4 nitrogen and oxygen atoms in total. The molecule has 1 heterocycles. The Morgan fingerprint density at radius 2 is 1.76 bits per heavy atom. The summed E-state index contributed by atoms with van der Waals surface area (Å²) < 4.78 is 6.10. The number of carbonyl (C=O) groups excluding carboxylic acids is 1. The SMILES string of the molecule is CC(C)c1ccc(Oc2ccc3cc(C(N)=O)nc(CC4CCCC4)c3c2)cc1. The number of carbonyl (C=O) groups is 1. The molecule has 2 N–H and O–H groups in total. The standard InChI is InChI=1S/C25H28N2O2/c1-16(2)18-7-10-20(11-8-18)29-21-12-9-19-14-24(25(26)28)27-23(22(19)15-21)13-17-5-3-4-6-17/h7-12,14-17H,3-6,13H2,1-2H3,(H2,26,28). The van der Waals surface area contributed by atoms with Gasteiger partial charge in [-0.25, -0.2) is 4.98 Å². The van der Waals surface area contributed by atoms with Gasteiger partial charge in [0.25, 0.3) is 5.91 Å². The molecule has 0 unspecified atom stereocenters. The zero-order chi connectivity index (χ0) is 20.4. The molecule has 0 atom stereocenters. The molecule has 4 heteroatoms. The minimum Gasteiger partial charge on any atom is -0.457 e. The molecule has 3 aromatic rings. The van der Waals surface area contributed by atoms with Crippen LogP contribution in [0, 0.1) is 5.92 Å². The molecule has 0 radical (unpaired) electrons. The Balaban J connectivity index is 1.67. The lowest BCUT2D eigenvalue weighted by molar-refractivity contribution is 0.0995. The molecule has 1 amide bonds. The number of hydrogen-bond donors (Lipinski definition) is 1. The van der Waals surface area contributed by atoms with Gasteiger partial charge < -0.3 is 10.5 Å². The van der Waals surface area contributed by atoms with Gasteiger partial charge >= 0.3 is 0 Å². The van der Waals surface area contributed by atoms with E-state index in [9.17, 15) is 4.79 Å². The summed E-state index contributed by atoms with van der Waals surface area (Å²) in [6, 6.07) is 16.0. The van der Waals surface area contributed by atoms with Crippen molar-refractivity contribution in [2.24, 2.45) is 11.7 Å². The van der Waals surface area contributed by atoms with Gasteiger partial charge in [0.1, 0.15) is 17.2 Å². The van der Waals surface area contributed by atoms with Gasteiger partial charge in [-0.05, 0) is 59.5 Å². The first-order valence-corrected chi connectivity index (χ1v) is 10.5. The van der Waals surface area contributed by atoms with Gasteiger partial charge in [0.15, 0.2) is 0 Å². The fraction of sp³-hybridized carbons (Fsp3) is 0.360. The molecule has 4 rings (SSSR count). The third-order valence-corrected chi connectivity index (χ3v) is 5.87. The number of pyridine rings is 1. The van der Waals surface area contributed by atoms with E-state index in [1.807, 2.05) is 30.3 Å². The lowest BCUT2D eigenvalue weighted by Gasteiger charge is -2.14. The van der Waals surface area contributed by atoms with Gasteiger partial charge in [-0.3, -0.25) is 4.79 Å². The maximum Gasteiger partial charge on any atom is 0.267 e. The predicted molar refractivity (Wildman–Crippen MR) is 117 cm³/mol. The normalized spacial score (nSPS) is 14.6. The van der Waals surface area contributed by atoms with Crippen LogP contribution in [0.2, 0.25) is 0 Å². The Hall–Kier alpha value is -2.88. The molecular weight excluding hydrogens is 360 g/mol. The molecule has 1 aromatic heterocycles. The van der Waals surface area contributed by atoms with Crippen molar-refractivity contribution in [1.82, 2.24) is 4.98 Å². The first-order valence-electron chi connectivity index (χ1n) is 10.5. The first kappa shape index (κ1) is 19.4. The number of hydrogen-bond acceptors (Lipinski definition) is 3. The second-order valence-corrected chi connectivity index (χ2v) is 8.38.